The first-order valence-corrected chi connectivity index (χ1v) is 7.57. The van der Waals surface area contributed by atoms with Gasteiger partial charge in [-0.05, 0) is 11.4 Å². The lowest BCUT2D eigenvalue weighted by molar-refractivity contribution is -0.147. The van der Waals surface area contributed by atoms with Crippen molar-refractivity contribution in [3.8, 4) is 10.8 Å². The zero-order valence-electron chi connectivity index (χ0n) is 11.6. The monoisotopic (exact) mass is 322 g/mol. The Labute approximate surface area is 129 Å². The van der Waals surface area contributed by atoms with Crippen molar-refractivity contribution >= 4 is 23.2 Å². The molecule has 1 amide bonds. The number of carbonyl (C=O) groups excluding carboxylic acids is 1. The zero-order chi connectivity index (χ0) is 15.6. The van der Waals surface area contributed by atoms with Gasteiger partial charge >= 0.3 is 5.97 Å². The van der Waals surface area contributed by atoms with Crippen LogP contribution in [0.15, 0.2) is 28.2 Å². The summed E-state index contributed by atoms with van der Waals surface area (Å²) in [5, 5.41) is 13.7. The average molecular weight is 322 g/mol. The molecule has 8 heteroatoms. The van der Waals surface area contributed by atoms with Crippen LogP contribution in [0.1, 0.15) is 12.1 Å². The highest BCUT2D eigenvalue weighted by Gasteiger charge is 2.43. The van der Waals surface area contributed by atoms with Crippen molar-refractivity contribution in [2.24, 2.45) is 0 Å². The zero-order valence-corrected chi connectivity index (χ0v) is 12.4. The molecule has 1 fully saturated rings. The number of oxazole rings is 1. The third kappa shape index (κ3) is 2.88. The summed E-state index contributed by atoms with van der Waals surface area (Å²) in [4.78, 5) is 28.5. The number of amides is 1. The number of aliphatic carboxylic acids is 1. The van der Waals surface area contributed by atoms with Crippen LogP contribution in [0.2, 0.25) is 0 Å². The Morgan fingerprint density at radius 1 is 1.50 bits per heavy atom. The highest BCUT2D eigenvalue weighted by Crippen LogP contribution is 2.24. The molecule has 1 aliphatic heterocycles. The number of carbonyl (C=O) groups is 2. The van der Waals surface area contributed by atoms with E-state index in [9.17, 15) is 14.7 Å². The summed E-state index contributed by atoms with van der Waals surface area (Å²) in [6.45, 7) is 0.298. The molecule has 0 spiro atoms. The summed E-state index contributed by atoms with van der Waals surface area (Å²) in [6, 6.07) is 3.75. The van der Waals surface area contributed by atoms with Crippen LogP contribution >= 0.6 is 11.3 Å². The van der Waals surface area contributed by atoms with Crippen molar-refractivity contribution in [2.75, 3.05) is 13.2 Å². The quantitative estimate of drug-likeness (QED) is 0.860. The summed E-state index contributed by atoms with van der Waals surface area (Å²) in [6.07, 6.45) is 1.63. The van der Waals surface area contributed by atoms with Gasteiger partial charge in [0.1, 0.15) is 6.26 Å². The number of ether oxygens (including phenoxy) is 1. The molecule has 2 N–H and O–H groups in total. The van der Waals surface area contributed by atoms with Crippen molar-refractivity contribution in [2.45, 2.75) is 18.4 Å². The van der Waals surface area contributed by atoms with Gasteiger partial charge in [-0.1, -0.05) is 6.07 Å². The van der Waals surface area contributed by atoms with E-state index in [-0.39, 0.29) is 19.4 Å². The molecule has 2 aromatic heterocycles. The summed E-state index contributed by atoms with van der Waals surface area (Å²) < 4.78 is 10.4. The number of hydrogen-bond acceptors (Lipinski definition) is 6. The van der Waals surface area contributed by atoms with Crippen LogP contribution in [0.5, 0.6) is 0 Å². The molecular weight excluding hydrogens is 308 g/mol. The van der Waals surface area contributed by atoms with Gasteiger partial charge in [0, 0.05) is 13.0 Å². The molecule has 0 radical (unpaired) electrons. The first kappa shape index (κ1) is 14.7. The predicted molar refractivity (Wildman–Crippen MR) is 77.5 cm³/mol. The second-order valence-electron chi connectivity index (χ2n) is 5.04. The smallest absolute Gasteiger partial charge is 0.331 e. The largest absolute Gasteiger partial charge is 0.479 e. The maximum atomic E-state index is 12.1. The highest BCUT2D eigenvalue weighted by molar-refractivity contribution is 7.13. The van der Waals surface area contributed by atoms with Crippen LogP contribution in [-0.4, -0.2) is 40.7 Å². The molecule has 1 unspecified atom stereocenters. The second kappa shape index (κ2) is 5.90. The van der Waals surface area contributed by atoms with Gasteiger partial charge in [-0.25, -0.2) is 9.78 Å². The molecule has 1 saturated heterocycles. The fourth-order valence-corrected chi connectivity index (χ4v) is 2.92. The molecular formula is C14H14N2O5S. The number of nitrogens with zero attached hydrogens (tertiary/aromatic N) is 1. The molecule has 0 aliphatic carbocycles. The highest BCUT2D eigenvalue weighted by atomic mass is 32.1. The lowest BCUT2D eigenvalue weighted by Crippen LogP contribution is -2.55. The molecule has 116 valence electrons. The Morgan fingerprint density at radius 3 is 3.00 bits per heavy atom. The van der Waals surface area contributed by atoms with E-state index in [0.717, 1.165) is 4.88 Å². The molecule has 3 rings (SSSR count). The normalized spacial score (nSPS) is 20.9. The molecule has 2 aromatic rings. The van der Waals surface area contributed by atoms with Crippen LogP contribution in [-0.2, 0) is 20.7 Å². The van der Waals surface area contributed by atoms with Crippen LogP contribution < -0.4 is 5.32 Å². The molecule has 1 atom stereocenters. The molecule has 0 saturated carbocycles. The fourth-order valence-electron chi connectivity index (χ4n) is 2.26. The fraction of sp³-hybridized carbons (Fsp3) is 0.357. The Kier molecular flexibility index (Phi) is 3.95. The number of carboxylic acid groups (broad SMARTS) is 1. The average Bonchev–Trinajstić information content (AvgIpc) is 3.19. The van der Waals surface area contributed by atoms with E-state index in [1.807, 2.05) is 17.5 Å². The molecule has 3 heterocycles. The van der Waals surface area contributed by atoms with E-state index in [2.05, 4.69) is 10.3 Å². The molecule has 7 nitrogen and oxygen atoms in total. The van der Waals surface area contributed by atoms with Crippen molar-refractivity contribution in [3.63, 3.8) is 0 Å². The molecule has 22 heavy (non-hydrogen) atoms. The minimum absolute atomic E-state index is 0.0205. The van der Waals surface area contributed by atoms with Crippen LogP contribution in [0.4, 0.5) is 0 Å². The first-order valence-electron chi connectivity index (χ1n) is 6.69. The summed E-state index contributed by atoms with van der Waals surface area (Å²) in [5.41, 5.74) is -0.877. The van der Waals surface area contributed by atoms with Gasteiger partial charge in [0.15, 0.2) is 5.54 Å². The summed E-state index contributed by atoms with van der Waals surface area (Å²) in [5.74, 6) is -1.05. The van der Waals surface area contributed by atoms with Crippen LogP contribution in [0.3, 0.4) is 0 Å². The standard InChI is InChI=1S/C14H14N2O5S/c17-11(16-14(13(18)19)3-4-20-8-14)6-9-7-21-12(15-9)10-2-1-5-22-10/h1-2,5,7H,3-4,6,8H2,(H,16,17)(H,18,19). The van der Waals surface area contributed by atoms with Gasteiger partial charge in [-0.2, -0.15) is 0 Å². The Hall–Kier alpha value is -2.19. The topological polar surface area (TPSA) is 102 Å². The van der Waals surface area contributed by atoms with E-state index in [1.165, 1.54) is 17.6 Å². The number of carboxylic acids is 1. The van der Waals surface area contributed by atoms with Gasteiger partial charge < -0.3 is 19.6 Å². The summed E-state index contributed by atoms with van der Waals surface area (Å²) in [7, 11) is 0. The lowest BCUT2D eigenvalue weighted by atomic mass is 9.99. The van der Waals surface area contributed by atoms with Crippen molar-refractivity contribution in [3.05, 3.63) is 29.5 Å². The number of aromatic nitrogens is 1. The van der Waals surface area contributed by atoms with Crippen molar-refractivity contribution < 1.29 is 23.8 Å². The van der Waals surface area contributed by atoms with E-state index < -0.39 is 17.4 Å². The number of nitrogens with one attached hydrogen (secondary N) is 1. The van der Waals surface area contributed by atoms with Gasteiger partial charge in [-0.15, -0.1) is 11.3 Å². The van der Waals surface area contributed by atoms with Crippen molar-refractivity contribution in [1.82, 2.24) is 10.3 Å². The lowest BCUT2D eigenvalue weighted by Gasteiger charge is -2.23. The molecule has 0 aromatic carbocycles. The Balaban J connectivity index is 1.66. The van der Waals surface area contributed by atoms with Gasteiger partial charge in [0.05, 0.1) is 23.6 Å². The number of thiophene rings is 1. The molecule has 1 aliphatic rings. The Bertz CT molecular complexity index is 673. The first-order chi connectivity index (χ1) is 10.6. The Morgan fingerprint density at radius 2 is 2.36 bits per heavy atom. The summed E-state index contributed by atoms with van der Waals surface area (Å²) >= 11 is 1.49. The number of hydrogen-bond donors (Lipinski definition) is 2. The number of rotatable bonds is 5. The minimum Gasteiger partial charge on any atom is -0.479 e. The maximum Gasteiger partial charge on any atom is 0.331 e. The van der Waals surface area contributed by atoms with Crippen LogP contribution in [0.25, 0.3) is 10.8 Å². The third-order valence-corrected chi connectivity index (χ3v) is 4.29. The second-order valence-corrected chi connectivity index (χ2v) is 5.98. The van der Waals surface area contributed by atoms with E-state index >= 15 is 0 Å². The predicted octanol–water partition coefficient (Wildman–Crippen LogP) is 1.31. The van der Waals surface area contributed by atoms with E-state index in [1.54, 1.807) is 0 Å². The van der Waals surface area contributed by atoms with Crippen LogP contribution in [0, 0.1) is 0 Å². The van der Waals surface area contributed by atoms with Gasteiger partial charge in [0.2, 0.25) is 11.8 Å². The van der Waals surface area contributed by atoms with Gasteiger partial charge in [0.25, 0.3) is 0 Å². The van der Waals surface area contributed by atoms with E-state index in [4.69, 9.17) is 9.15 Å². The minimum atomic E-state index is -1.34. The molecule has 0 bridgehead atoms. The van der Waals surface area contributed by atoms with Crippen molar-refractivity contribution in [1.29, 1.82) is 0 Å². The van der Waals surface area contributed by atoms with E-state index in [0.29, 0.717) is 18.2 Å². The SMILES string of the molecule is O=C(Cc1coc(-c2cccs2)n1)NC1(C(=O)O)CCOC1. The maximum absolute atomic E-state index is 12.1. The third-order valence-electron chi connectivity index (χ3n) is 3.44. The van der Waals surface area contributed by atoms with Gasteiger partial charge in [-0.3, -0.25) is 4.79 Å².